The highest BCUT2D eigenvalue weighted by Crippen LogP contribution is 1.95. The Hall–Kier alpha value is -0.135. The second-order valence-corrected chi connectivity index (χ2v) is 1.69. The van der Waals surface area contributed by atoms with Gasteiger partial charge >= 0.3 is 0 Å². The lowest BCUT2D eigenvalue weighted by Crippen LogP contribution is -1.78. The number of hydrogen-bond acceptors (Lipinski definition) is 0. The Morgan fingerprint density at radius 2 is 1.50 bits per heavy atom. The Labute approximate surface area is 75.3 Å². The molecular formula is C7H9BCl2. The molecule has 0 amide bonds. The monoisotopic (exact) mass is 174 g/mol. The Bertz CT molecular complexity index is 153. The van der Waals surface area contributed by atoms with Crippen LogP contribution in [0.3, 0.4) is 0 Å². The number of benzene rings is 1. The van der Waals surface area contributed by atoms with Gasteiger partial charge in [0.25, 0.3) is 0 Å². The van der Waals surface area contributed by atoms with Gasteiger partial charge in [0, 0.05) is 0 Å². The Kier molecular flexibility index (Phi) is 8.75. The molecule has 0 saturated heterocycles. The first-order valence-corrected chi connectivity index (χ1v) is 2.67. The summed E-state index contributed by atoms with van der Waals surface area (Å²) in [6, 6.07) is 9.99. The van der Waals surface area contributed by atoms with Crippen LogP contribution in [0.2, 0.25) is 0 Å². The highest BCUT2D eigenvalue weighted by atomic mass is 35.5. The van der Waals surface area contributed by atoms with Crippen LogP contribution >= 0.6 is 24.8 Å². The summed E-state index contributed by atoms with van der Waals surface area (Å²) in [4.78, 5) is 0. The number of hydrogen-bond donors (Lipinski definition) is 0. The topological polar surface area (TPSA) is 0 Å². The van der Waals surface area contributed by atoms with Gasteiger partial charge in [0.1, 0.15) is 0 Å². The molecule has 54 valence electrons. The summed E-state index contributed by atoms with van der Waals surface area (Å²) in [6.45, 7) is 0. The molecule has 0 aliphatic heterocycles. The van der Waals surface area contributed by atoms with Crippen molar-refractivity contribution in [1.82, 2.24) is 0 Å². The standard InChI is InChI=1S/C7H7B.2ClH/c8-6-7-4-2-1-3-5-7;;/h1-5H,6H2;2*1H. The van der Waals surface area contributed by atoms with Gasteiger partial charge in [0.05, 0.1) is 7.85 Å². The van der Waals surface area contributed by atoms with Crippen molar-refractivity contribution in [2.45, 2.75) is 6.32 Å². The van der Waals surface area contributed by atoms with Crippen molar-refractivity contribution >= 4 is 32.7 Å². The average Bonchev–Trinajstić information content (AvgIpc) is 1.90. The highest BCUT2D eigenvalue weighted by Gasteiger charge is 1.79. The van der Waals surface area contributed by atoms with E-state index in [0.29, 0.717) is 6.32 Å². The molecule has 10 heavy (non-hydrogen) atoms. The van der Waals surface area contributed by atoms with Crippen molar-refractivity contribution in [3.05, 3.63) is 35.9 Å². The lowest BCUT2D eigenvalue weighted by Gasteiger charge is -1.89. The summed E-state index contributed by atoms with van der Waals surface area (Å²) in [7, 11) is 5.35. The van der Waals surface area contributed by atoms with Gasteiger partial charge in [-0.25, -0.2) is 0 Å². The summed E-state index contributed by atoms with van der Waals surface area (Å²) in [5.41, 5.74) is 1.19. The normalized spacial score (nSPS) is 7.20. The first kappa shape index (κ1) is 12.5. The zero-order valence-corrected chi connectivity index (χ0v) is 7.12. The van der Waals surface area contributed by atoms with Crippen LogP contribution in [0.25, 0.3) is 0 Å². The molecule has 1 rings (SSSR count). The van der Waals surface area contributed by atoms with Gasteiger partial charge in [-0.2, -0.15) is 0 Å². The minimum Gasteiger partial charge on any atom is -0.147 e. The predicted molar refractivity (Wildman–Crippen MR) is 50.4 cm³/mol. The maximum absolute atomic E-state index is 5.35. The lowest BCUT2D eigenvalue weighted by molar-refractivity contribution is 1.40. The van der Waals surface area contributed by atoms with Crippen molar-refractivity contribution in [2.75, 3.05) is 0 Å². The van der Waals surface area contributed by atoms with Gasteiger partial charge in [-0.3, -0.25) is 0 Å². The Morgan fingerprint density at radius 3 is 1.80 bits per heavy atom. The minimum absolute atomic E-state index is 0. The molecule has 1 aromatic rings. The van der Waals surface area contributed by atoms with Gasteiger partial charge in [-0.1, -0.05) is 42.2 Å². The third kappa shape index (κ3) is 3.81. The number of halogens is 2. The molecule has 0 bridgehead atoms. The van der Waals surface area contributed by atoms with E-state index in [1.165, 1.54) is 5.56 Å². The molecule has 0 spiro atoms. The van der Waals surface area contributed by atoms with E-state index in [4.69, 9.17) is 7.85 Å². The first-order chi connectivity index (χ1) is 3.93. The van der Waals surface area contributed by atoms with E-state index >= 15 is 0 Å². The molecule has 0 unspecified atom stereocenters. The Morgan fingerprint density at radius 1 is 1.00 bits per heavy atom. The molecule has 0 N–H and O–H groups in total. The van der Waals surface area contributed by atoms with Crippen LogP contribution in [0.1, 0.15) is 5.56 Å². The molecule has 3 heteroatoms. The van der Waals surface area contributed by atoms with E-state index in [-0.39, 0.29) is 24.8 Å². The van der Waals surface area contributed by atoms with E-state index in [9.17, 15) is 0 Å². The van der Waals surface area contributed by atoms with Crippen LogP contribution < -0.4 is 0 Å². The molecule has 0 nitrogen and oxygen atoms in total. The fourth-order valence-corrected chi connectivity index (χ4v) is 0.614. The van der Waals surface area contributed by atoms with E-state index in [0.717, 1.165) is 0 Å². The van der Waals surface area contributed by atoms with Crippen molar-refractivity contribution in [3.63, 3.8) is 0 Å². The zero-order valence-electron chi connectivity index (χ0n) is 5.49. The molecule has 0 aromatic heterocycles. The maximum atomic E-state index is 5.35. The van der Waals surface area contributed by atoms with E-state index in [2.05, 4.69) is 0 Å². The fourth-order valence-electron chi connectivity index (χ4n) is 0.614. The highest BCUT2D eigenvalue weighted by molar-refractivity contribution is 6.08. The average molecular weight is 175 g/mol. The summed E-state index contributed by atoms with van der Waals surface area (Å²) in [6.07, 6.45) is 0.640. The van der Waals surface area contributed by atoms with Crippen LogP contribution in [-0.2, 0) is 6.32 Å². The quantitative estimate of drug-likeness (QED) is 0.573. The molecular weight excluding hydrogens is 166 g/mol. The van der Waals surface area contributed by atoms with Crippen LogP contribution in [-0.4, -0.2) is 7.85 Å². The fraction of sp³-hybridized carbons (Fsp3) is 0.143. The smallest absolute Gasteiger partial charge is 0.0716 e. The van der Waals surface area contributed by atoms with Gasteiger partial charge in [0.2, 0.25) is 0 Å². The number of rotatable bonds is 1. The maximum Gasteiger partial charge on any atom is 0.0716 e. The summed E-state index contributed by atoms with van der Waals surface area (Å²) in [5, 5.41) is 0. The van der Waals surface area contributed by atoms with Crippen molar-refractivity contribution in [2.24, 2.45) is 0 Å². The SMILES string of the molecule is Cl.Cl.[B]Cc1ccccc1. The minimum atomic E-state index is 0. The van der Waals surface area contributed by atoms with Gasteiger partial charge in [0.15, 0.2) is 0 Å². The van der Waals surface area contributed by atoms with Gasteiger partial charge in [-0.05, 0) is 0 Å². The van der Waals surface area contributed by atoms with Crippen molar-refractivity contribution in [3.8, 4) is 0 Å². The molecule has 1 aromatic carbocycles. The van der Waals surface area contributed by atoms with Gasteiger partial charge in [-0.15, -0.1) is 24.8 Å². The molecule has 2 radical (unpaired) electrons. The van der Waals surface area contributed by atoms with Crippen LogP contribution in [0.4, 0.5) is 0 Å². The van der Waals surface area contributed by atoms with Crippen LogP contribution in [0.15, 0.2) is 30.3 Å². The van der Waals surface area contributed by atoms with Gasteiger partial charge < -0.3 is 0 Å². The van der Waals surface area contributed by atoms with Crippen LogP contribution in [0, 0.1) is 0 Å². The van der Waals surface area contributed by atoms with E-state index in [1.54, 1.807) is 0 Å². The molecule has 0 aliphatic carbocycles. The third-order valence-corrected chi connectivity index (χ3v) is 1.08. The van der Waals surface area contributed by atoms with Crippen molar-refractivity contribution in [1.29, 1.82) is 0 Å². The van der Waals surface area contributed by atoms with Crippen LogP contribution in [0.5, 0.6) is 0 Å². The summed E-state index contributed by atoms with van der Waals surface area (Å²) >= 11 is 0. The predicted octanol–water partition coefficient (Wildman–Crippen LogP) is 2.20. The lowest BCUT2D eigenvalue weighted by atomic mass is 9.97. The second-order valence-electron chi connectivity index (χ2n) is 1.69. The summed E-state index contributed by atoms with van der Waals surface area (Å²) < 4.78 is 0. The zero-order chi connectivity index (χ0) is 5.82. The second kappa shape index (κ2) is 6.98. The third-order valence-electron chi connectivity index (χ3n) is 1.08. The largest absolute Gasteiger partial charge is 0.147 e. The molecule has 0 heterocycles. The summed E-state index contributed by atoms with van der Waals surface area (Å²) in [5.74, 6) is 0. The van der Waals surface area contributed by atoms with Crippen molar-refractivity contribution < 1.29 is 0 Å². The molecule has 0 fully saturated rings. The Balaban J connectivity index is 0. The van der Waals surface area contributed by atoms with E-state index < -0.39 is 0 Å². The molecule has 0 saturated carbocycles. The molecule has 0 atom stereocenters. The van der Waals surface area contributed by atoms with E-state index in [1.807, 2.05) is 30.3 Å². The molecule has 0 aliphatic rings. The first-order valence-electron chi connectivity index (χ1n) is 2.67.